The first-order chi connectivity index (χ1) is 9.99. The first-order valence-electron chi connectivity index (χ1n) is 6.48. The fourth-order valence-corrected chi connectivity index (χ4v) is 3.49. The number of anilines is 1. The van der Waals surface area contributed by atoms with Crippen molar-refractivity contribution >= 4 is 39.2 Å². The molecule has 0 aliphatic carbocycles. The molecule has 2 aromatic heterocycles. The molecule has 0 radical (unpaired) electrons. The Balaban J connectivity index is 2.03. The molecule has 1 amide bonds. The summed E-state index contributed by atoms with van der Waals surface area (Å²) in [5.74, 6) is -0.430. The first-order valence-corrected chi connectivity index (χ1v) is 7.29. The average molecular weight is 306 g/mol. The van der Waals surface area contributed by atoms with Crippen molar-refractivity contribution in [3.63, 3.8) is 0 Å². The first kappa shape index (κ1) is 13.7. The molecule has 1 unspecified atom stereocenters. The average Bonchev–Trinajstić information content (AvgIpc) is 2.95. The van der Waals surface area contributed by atoms with Crippen LogP contribution >= 0.6 is 11.3 Å². The second-order valence-corrected chi connectivity index (χ2v) is 6.01. The van der Waals surface area contributed by atoms with Crippen LogP contribution in [0.25, 0.3) is 10.2 Å². The Morgan fingerprint density at radius 1 is 1.52 bits per heavy atom. The number of fused-ring (bicyclic) bond motifs is 1. The number of thiophene rings is 1. The van der Waals surface area contributed by atoms with E-state index < -0.39 is 5.97 Å². The molecule has 3 rings (SSSR count). The van der Waals surface area contributed by atoms with Gasteiger partial charge < -0.3 is 15.3 Å². The Labute approximate surface area is 124 Å². The Kier molecular flexibility index (Phi) is 3.25. The van der Waals surface area contributed by atoms with E-state index >= 15 is 0 Å². The van der Waals surface area contributed by atoms with Crippen LogP contribution in [0.3, 0.4) is 0 Å². The van der Waals surface area contributed by atoms with Gasteiger partial charge >= 0.3 is 5.97 Å². The highest BCUT2D eigenvalue weighted by Crippen LogP contribution is 2.33. The highest BCUT2D eigenvalue weighted by atomic mass is 32.1. The lowest BCUT2D eigenvalue weighted by molar-refractivity contribution is -0.127. The van der Waals surface area contributed by atoms with Crippen molar-refractivity contribution in [3.8, 4) is 0 Å². The number of amides is 1. The third kappa shape index (κ3) is 2.21. The highest BCUT2D eigenvalue weighted by molar-refractivity contribution is 7.20. The van der Waals surface area contributed by atoms with Gasteiger partial charge in [0.15, 0.2) is 0 Å². The molecule has 0 spiro atoms. The van der Waals surface area contributed by atoms with E-state index in [1.54, 1.807) is 18.9 Å². The van der Waals surface area contributed by atoms with Crippen LogP contribution < -0.4 is 5.32 Å². The van der Waals surface area contributed by atoms with Gasteiger partial charge in [-0.3, -0.25) is 4.79 Å². The zero-order valence-corrected chi connectivity index (χ0v) is 12.4. The summed E-state index contributed by atoms with van der Waals surface area (Å²) in [4.78, 5) is 34.0. The van der Waals surface area contributed by atoms with E-state index in [0.29, 0.717) is 34.6 Å². The van der Waals surface area contributed by atoms with Gasteiger partial charge in [0, 0.05) is 13.6 Å². The lowest BCUT2D eigenvalue weighted by atomic mass is 10.2. The third-order valence-corrected chi connectivity index (χ3v) is 4.85. The Hall–Kier alpha value is -2.22. The van der Waals surface area contributed by atoms with E-state index in [1.165, 1.54) is 6.33 Å². The molecule has 8 heteroatoms. The molecule has 2 aromatic rings. The van der Waals surface area contributed by atoms with E-state index in [9.17, 15) is 14.7 Å². The molecule has 1 aliphatic rings. The number of aromatic carboxylic acids is 1. The largest absolute Gasteiger partial charge is 0.477 e. The maximum absolute atomic E-state index is 12.0. The van der Waals surface area contributed by atoms with Crippen molar-refractivity contribution in [2.24, 2.45) is 0 Å². The number of carboxylic acids is 1. The molecule has 1 saturated heterocycles. The number of carbonyl (C=O) groups is 2. The van der Waals surface area contributed by atoms with Crippen LogP contribution in [0.2, 0.25) is 0 Å². The summed E-state index contributed by atoms with van der Waals surface area (Å²) in [6.07, 6.45) is 2.09. The number of aromatic nitrogens is 2. The van der Waals surface area contributed by atoms with Crippen molar-refractivity contribution < 1.29 is 14.7 Å². The van der Waals surface area contributed by atoms with Crippen LogP contribution in [-0.4, -0.2) is 51.5 Å². The number of rotatable bonds is 3. The molecule has 21 heavy (non-hydrogen) atoms. The van der Waals surface area contributed by atoms with Crippen LogP contribution in [-0.2, 0) is 4.79 Å². The molecule has 110 valence electrons. The molecule has 1 aliphatic heterocycles. The molecule has 0 aromatic carbocycles. The molecule has 1 atom stereocenters. The Morgan fingerprint density at radius 2 is 2.29 bits per heavy atom. The van der Waals surface area contributed by atoms with Gasteiger partial charge in [0.2, 0.25) is 5.91 Å². The van der Waals surface area contributed by atoms with Crippen molar-refractivity contribution in [3.05, 3.63) is 16.8 Å². The number of nitrogens with zero attached hydrogens (tertiary/aromatic N) is 3. The topological polar surface area (TPSA) is 95.4 Å². The van der Waals surface area contributed by atoms with Crippen molar-refractivity contribution in [2.75, 3.05) is 18.9 Å². The standard InChI is InChI=1S/C13H14N4O3S/c1-6-8-10(16-7-3-4-17(2)12(7)18)14-5-15-11(8)21-9(6)13(19)20/h5,7H,3-4H2,1-2H3,(H,19,20)(H,14,15,16). The molecule has 1 fully saturated rings. The summed E-state index contributed by atoms with van der Waals surface area (Å²) in [6.45, 7) is 2.44. The van der Waals surface area contributed by atoms with E-state index in [-0.39, 0.29) is 16.8 Å². The minimum Gasteiger partial charge on any atom is -0.477 e. The lowest BCUT2D eigenvalue weighted by Crippen LogP contribution is -2.31. The van der Waals surface area contributed by atoms with Gasteiger partial charge in [0.1, 0.15) is 27.9 Å². The smallest absolute Gasteiger partial charge is 0.346 e. The van der Waals surface area contributed by atoms with Crippen LogP contribution in [0.5, 0.6) is 0 Å². The highest BCUT2D eigenvalue weighted by Gasteiger charge is 2.30. The Bertz CT molecular complexity index is 742. The second-order valence-electron chi connectivity index (χ2n) is 5.01. The van der Waals surface area contributed by atoms with Crippen molar-refractivity contribution in [2.45, 2.75) is 19.4 Å². The van der Waals surface area contributed by atoms with Crippen LogP contribution in [0.4, 0.5) is 5.82 Å². The molecule has 2 N–H and O–H groups in total. The summed E-state index contributed by atoms with van der Waals surface area (Å²) < 4.78 is 0. The number of carboxylic acid groups (broad SMARTS) is 1. The molecule has 0 bridgehead atoms. The van der Waals surface area contributed by atoms with Crippen LogP contribution in [0, 0.1) is 6.92 Å². The van der Waals surface area contributed by atoms with Crippen LogP contribution in [0.1, 0.15) is 21.7 Å². The number of hydrogen-bond acceptors (Lipinski definition) is 6. The van der Waals surface area contributed by atoms with E-state index in [1.807, 2.05) is 0 Å². The van der Waals surface area contributed by atoms with Gasteiger partial charge in [-0.05, 0) is 18.9 Å². The third-order valence-electron chi connectivity index (χ3n) is 3.66. The quantitative estimate of drug-likeness (QED) is 0.888. The van der Waals surface area contributed by atoms with Gasteiger partial charge in [-0.25, -0.2) is 14.8 Å². The van der Waals surface area contributed by atoms with Crippen LogP contribution in [0.15, 0.2) is 6.33 Å². The van der Waals surface area contributed by atoms with E-state index in [4.69, 9.17) is 0 Å². The minimum atomic E-state index is -0.974. The fraction of sp³-hybridized carbons (Fsp3) is 0.385. The summed E-state index contributed by atoms with van der Waals surface area (Å²) >= 11 is 1.12. The number of carbonyl (C=O) groups excluding carboxylic acids is 1. The summed E-state index contributed by atoms with van der Waals surface area (Å²) in [7, 11) is 1.76. The number of likely N-dealkylation sites (N-methyl/N-ethyl adjacent to an activating group) is 1. The predicted octanol–water partition coefficient (Wildman–Crippen LogP) is 1.34. The normalized spacial score (nSPS) is 18.5. The monoisotopic (exact) mass is 306 g/mol. The molecular formula is C13H14N4O3S. The number of hydrogen-bond donors (Lipinski definition) is 2. The van der Waals surface area contributed by atoms with Crippen molar-refractivity contribution in [1.29, 1.82) is 0 Å². The summed E-state index contributed by atoms with van der Waals surface area (Å²) in [5, 5.41) is 13.0. The molecule has 3 heterocycles. The fourth-order valence-electron chi connectivity index (χ4n) is 2.51. The van der Waals surface area contributed by atoms with Gasteiger partial charge in [0.25, 0.3) is 0 Å². The molecule has 7 nitrogen and oxygen atoms in total. The zero-order valence-electron chi connectivity index (χ0n) is 11.6. The maximum Gasteiger partial charge on any atom is 0.346 e. The maximum atomic E-state index is 12.0. The molecule has 0 saturated carbocycles. The predicted molar refractivity (Wildman–Crippen MR) is 78.8 cm³/mol. The summed E-state index contributed by atoms with van der Waals surface area (Å²) in [5.41, 5.74) is 0.629. The number of likely N-dealkylation sites (tertiary alicyclic amines) is 1. The minimum absolute atomic E-state index is 0.0214. The molecular weight excluding hydrogens is 292 g/mol. The SMILES string of the molecule is Cc1c(C(=O)O)sc2ncnc(NC3CCN(C)C3=O)c12. The van der Waals surface area contributed by atoms with Gasteiger partial charge in [0.05, 0.1) is 5.39 Å². The zero-order chi connectivity index (χ0) is 15.1. The summed E-state index contributed by atoms with van der Waals surface area (Å²) in [6, 6.07) is -0.319. The van der Waals surface area contributed by atoms with Gasteiger partial charge in [-0.1, -0.05) is 0 Å². The van der Waals surface area contributed by atoms with Gasteiger partial charge in [-0.15, -0.1) is 11.3 Å². The van der Waals surface area contributed by atoms with E-state index in [0.717, 1.165) is 11.3 Å². The van der Waals surface area contributed by atoms with Gasteiger partial charge in [-0.2, -0.15) is 0 Å². The number of aryl methyl sites for hydroxylation is 1. The van der Waals surface area contributed by atoms with E-state index in [2.05, 4.69) is 15.3 Å². The lowest BCUT2D eigenvalue weighted by Gasteiger charge is -2.13. The Morgan fingerprint density at radius 3 is 2.90 bits per heavy atom. The number of nitrogens with one attached hydrogen (secondary N) is 1. The van der Waals surface area contributed by atoms with Crippen molar-refractivity contribution in [1.82, 2.24) is 14.9 Å². The second kappa shape index (κ2) is 4.96.